The van der Waals surface area contributed by atoms with Crippen LogP contribution in [0.2, 0.25) is 0 Å². The number of anilines is 2. The molecule has 1 aliphatic rings. The van der Waals surface area contributed by atoms with Crippen molar-refractivity contribution in [2.75, 3.05) is 23.3 Å². The third-order valence-corrected chi connectivity index (χ3v) is 4.53. The van der Waals surface area contributed by atoms with Crippen LogP contribution < -0.4 is 15.5 Å². The van der Waals surface area contributed by atoms with Gasteiger partial charge in [0.1, 0.15) is 5.82 Å². The lowest BCUT2D eigenvalue weighted by atomic mass is 10.1. The van der Waals surface area contributed by atoms with E-state index in [9.17, 15) is 13.2 Å². The maximum Gasteiger partial charge on any atom is 0.433 e. The summed E-state index contributed by atoms with van der Waals surface area (Å²) < 4.78 is 39.7. The topological polar surface area (TPSA) is 53.1 Å². The molecule has 1 fully saturated rings. The Kier molecular flexibility index (Phi) is 5.79. The quantitative estimate of drug-likeness (QED) is 0.759. The van der Waals surface area contributed by atoms with Crippen LogP contribution in [0.15, 0.2) is 36.4 Å². The lowest BCUT2D eigenvalue weighted by Crippen LogP contribution is -2.32. The number of alkyl halides is 3. The van der Waals surface area contributed by atoms with E-state index in [4.69, 9.17) is 12.2 Å². The van der Waals surface area contributed by atoms with Crippen molar-refractivity contribution in [2.24, 2.45) is 0 Å². The monoisotopic (exact) mass is 395 g/mol. The molecule has 0 amide bonds. The molecule has 0 saturated carbocycles. The Morgan fingerprint density at radius 2 is 1.81 bits per heavy atom. The zero-order valence-electron chi connectivity index (χ0n) is 14.8. The fourth-order valence-corrected chi connectivity index (χ4v) is 3.17. The maximum absolute atomic E-state index is 13.2. The lowest BCUT2D eigenvalue weighted by molar-refractivity contribution is -0.141. The molecular formula is C18H20F3N5S. The van der Waals surface area contributed by atoms with Gasteiger partial charge in [-0.05, 0) is 37.5 Å². The molecule has 27 heavy (non-hydrogen) atoms. The minimum Gasteiger partial charge on any atom is -0.356 e. The summed E-state index contributed by atoms with van der Waals surface area (Å²) in [6.45, 7) is 3.27. The fourth-order valence-electron chi connectivity index (χ4n) is 2.90. The molecule has 1 saturated heterocycles. The second kappa shape index (κ2) is 8.08. The van der Waals surface area contributed by atoms with E-state index in [2.05, 4.69) is 20.6 Å². The summed E-state index contributed by atoms with van der Waals surface area (Å²) in [4.78, 5) is 9.64. The van der Waals surface area contributed by atoms with Crippen LogP contribution in [0.3, 0.4) is 0 Å². The van der Waals surface area contributed by atoms with E-state index in [-0.39, 0.29) is 22.9 Å². The molecule has 144 valence electrons. The van der Waals surface area contributed by atoms with Crippen LogP contribution in [-0.4, -0.2) is 28.2 Å². The number of hydrogen-bond donors (Lipinski definition) is 2. The van der Waals surface area contributed by atoms with Gasteiger partial charge < -0.3 is 15.5 Å². The highest BCUT2D eigenvalue weighted by Gasteiger charge is 2.34. The Morgan fingerprint density at radius 3 is 2.44 bits per heavy atom. The highest BCUT2D eigenvalue weighted by Crippen LogP contribution is 2.31. The molecule has 2 aromatic rings. The molecule has 1 atom stereocenters. The number of nitrogens with one attached hydrogen (secondary N) is 2. The highest BCUT2D eigenvalue weighted by atomic mass is 32.1. The van der Waals surface area contributed by atoms with Crippen molar-refractivity contribution in [1.29, 1.82) is 0 Å². The summed E-state index contributed by atoms with van der Waals surface area (Å²) in [5.74, 6) is 0.0979. The van der Waals surface area contributed by atoms with Gasteiger partial charge in [-0.2, -0.15) is 18.2 Å². The smallest absolute Gasteiger partial charge is 0.356 e. The van der Waals surface area contributed by atoms with Crippen molar-refractivity contribution < 1.29 is 13.2 Å². The van der Waals surface area contributed by atoms with Gasteiger partial charge >= 0.3 is 6.18 Å². The van der Waals surface area contributed by atoms with Crippen LogP contribution in [-0.2, 0) is 6.18 Å². The number of hydrogen-bond acceptors (Lipinski definition) is 4. The van der Waals surface area contributed by atoms with E-state index < -0.39 is 11.9 Å². The molecular weight excluding hydrogens is 375 g/mol. The van der Waals surface area contributed by atoms with Crippen LogP contribution in [0.25, 0.3) is 0 Å². The molecule has 9 heteroatoms. The van der Waals surface area contributed by atoms with Crippen molar-refractivity contribution in [1.82, 2.24) is 15.3 Å². The second-order valence-corrected chi connectivity index (χ2v) is 6.77. The van der Waals surface area contributed by atoms with Crippen LogP contribution >= 0.6 is 12.2 Å². The first-order valence-electron chi connectivity index (χ1n) is 8.66. The van der Waals surface area contributed by atoms with E-state index in [0.717, 1.165) is 24.5 Å². The van der Waals surface area contributed by atoms with Crippen molar-refractivity contribution in [3.63, 3.8) is 0 Å². The Bertz CT molecular complexity index is 791. The van der Waals surface area contributed by atoms with Crippen LogP contribution in [0.4, 0.5) is 24.9 Å². The summed E-state index contributed by atoms with van der Waals surface area (Å²) in [5, 5.41) is 5.89. The molecule has 5 nitrogen and oxygen atoms in total. The minimum atomic E-state index is -4.56. The first kappa shape index (κ1) is 19.3. The van der Waals surface area contributed by atoms with Gasteiger partial charge in [-0.25, -0.2) is 4.98 Å². The van der Waals surface area contributed by atoms with E-state index in [1.807, 2.05) is 42.2 Å². The Labute approximate surface area is 161 Å². The molecule has 3 rings (SSSR count). The van der Waals surface area contributed by atoms with Gasteiger partial charge in [-0.15, -0.1) is 0 Å². The van der Waals surface area contributed by atoms with Gasteiger partial charge in [0.05, 0.1) is 6.04 Å². The normalized spacial score (nSPS) is 15.5. The largest absolute Gasteiger partial charge is 0.433 e. The van der Waals surface area contributed by atoms with Gasteiger partial charge in [0.15, 0.2) is 10.8 Å². The number of nitrogens with zero attached hydrogens (tertiary/aromatic N) is 3. The molecule has 1 aromatic carbocycles. The van der Waals surface area contributed by atoms with Gasteiger partial charge in [0, 0.05) is 19.2 Å². The van der Waals surface area contributed by atoms with Crippen molar-refractivity contribution in [3.8, 4) is 0 Å². The highest BCUT2D eigenvalue weighted by molar-refractivity contribution is 7.80. The van der Waals surface area contributed by atoms with Crippen LogP contribution in [0.1, 0.15) is 37.1 Å². The van der Waals surface area contributed by atoms with Gasteiger partial charge in [-0.3, -0.25) is 0 Å². The molecule has 2 heterocycles. The first-order chi connectivity index (χ1) is 12.8. The van der Waals surface area contributed by atoms with Crippen molar-refractivity contribution in [2.45, 2.75) is 32.0 Å². The number of aromatic nitrogens is 2. The molecule has 2 N–H and O–H groups in total. The van der Waals surface area contributed by atoms with Crippen molar-refractivity contribution in [3.05, 3.63) is 47.7 Å². The number of benzene rings is 1. The molecule has 0 aliphatic carbocycles. The average Bonchev–Trinajstić information content (AvgIpc) is 3.16. The molecule has 0 unspecified atom stereocenters. The second-order valence-electron chi connectivity index (χ2n) is 6.36. The standard InChI is InChI=1S/C18H20F3N5S/c1-12(13-7-3-2-4-8-13)22-17(27)25-16-23-14(18(19,20)21)11-15(24-16)26-9-5-6-10-26/h2-4,7-8,11-12H,5-6,9-10H2,1H3,(H2,22,23,24,25,27)/t12-/m1/s1. The van der Waals surface area contributed by atoms with E-state index in [0.29, 0.717) is 13.1 Å². The summed E-state index contributed by atoms with van der Waals surface area (Å²) in [7, 11) is 0. The average molecular weight is 395 g/mol. The first-order valence-corrected chi connectivity index (χ1v) is 9.07. The predicted octanol–water partition coefficient (Wildman–Crippen LogP) is 4.14. The SMILES string of the molecule is C[C@@H](NC(=S)Nc1nc(N2CCCC2)cc(C(F)(F)F)n1)c1ccccc1. The Balaban J connectivity index is 1.76. The summed E-state index contributed by atoms with van der Waals surface area (Å²) in [6, 6.07) is 10.5. The van der Waals surface area contributed by atoms with Crippen LogP contribution in [0.5, 0.6) is 0 Å². The van der Waals surface area contributed by atoms with Gasteiger partial charge in [0.25, 0.3) is 0 Å². The van der Waals surface area contributed by atoms with Gasteiger partial charge in [0.2, 0.25) is 5.95 Å². The third-order valence-electron chi connectivity index (χ3n) is 4.31. The molecule has 1 aliphatic heterocycles. The third kappa shape index (κ3) is 5.06. The Hall–Kier alpha value is -2.42. The molecule has 0 spiro atoms. The summed E-state index contributed by atoms with van der Waals surface area (Å²) in [6.07, 6.45) is -2.69. The number of rotatable bonds is 4. The molecule has 0 bridgehead atoms. The summed E-state index contributed by atoms with van der Waals surface area (Å²) in [5.41, 5.74) is 0.0187. The minimum absolute atomic E-state index is 0.116. The lowest BCUT2D eigenvalue weighted by Gasteiger charge is -2.20. The van der Waals surface area contributed by atoms with E-state index in [1.165, 1.54) is 0 Å². The Morgan fingerprint density at radius 1 is 1.15 bits per heavy atom. The van der Waals surface area contributed by atoms with E-state index >= 15 is 0 Å². The maximum atomic E-state index is 13.2. The predicted molar refractivity (Wildman–Crippen MR) is 103 cm³/mol. The van der Waals surface area contributed by atoms with Crippen LogP contribution in [0, 0.1) is 0 Å². The zero-order chi connectivity index (χ0) is 19.4. The summed E-state index contributed by atoms with van der Waals surface area (Å²) >= 11 is 5.23. The number of thiocarbonyl (C=S) groups is 1. The number of halogens is 3. The van der Waals surface area contributed by atoms with E-state index in [1.54, 1.807) is 0 Å². The van der Waals surface area contributed by atoms with Crippen molar-refractivity contribution >= 4 is 29.1 Å². The fraction of sp³-hybridized carbons (Fsp3) is 0.389. The molecule has 0 radical (unpaired) electrons. The van der Waals surface area contributed by atoms with Gasteiger partial charge in [-0.1, -0.05) is 30.3 Å². The zero-order valence-corrected chi connectivity index (χ0v) is 15.6. The molecule has 1 aromatic heterocycles.